The van der Waals surface area contributed by atoms with E-state index in [0.29, 0.717) is 24.3 Å². The lowest BCUT2D eigenvalue weighted by Gasteiger charge is -2.32. The van der Waals surface area contributed by atoms with Crippen LogP contribution in [-0.2, 0) is 19.4 Å². The predicted octanol–water partition coefficient (Wildman–Crippen LogP) is 2.98. The summed E-state index contributed by atoms with van der Waals surface area (Å²) in [5.41, 5.74) is 8.17. The van der Waals surface area contributed by atoms with Crippen LogP contribution < -0.4 is 10.1 Å². The summed E-state index contributed by atoms with van der Waals surface area (Å²) in [6, 6.07) is 19.8. The summed E-state index contributed by atoms with van der Waals surface area (Å²) in [6.07, 6.45) is -1.17. The predicted molar refractivity (Wildman–Crippen MR) is 161 cm³/mol. The molecule has 1 amide bonds. The molecule has 4 N–H and O–H groups in total. The summed E-state index contributed by atoms with van der Waals surface area (Å²) < 4.78 is 38.7. The number of sulfone groups is 1. The lowest BCUT2D eigenvalue weighted by atomic mass is 9.84. The van der Waals surface area contributed by atoms with Gasteiger partial charge in [0.25, 0.3) is 5.91 Å². The second-order valence-corrected chi connectivity index (χ2v) is 12.1. The van der Waals surface area contributed by atoms with E-state index in [0.717, 1.165) is 0 Å². The molecule has 0 spiro atoms. The van der Waals surface area contributed by atoms with Crippen molar-refractivity contribution < 1.29 is 38.0 Å². The number of aliphatic imine (C=N–C) groups is 1. The van der Waals surface area contributed by atoms with Gasteiger partial charge in [-0.1, -0.05) is 47.6 Å². The largest absolute Gasteiger partial charge is 0.494 e. The number of carbonyl (C=O) groups excluding carboxylic acids is 1. The normalized spacial score (nSPS) is 17.8. The standard InChI is InChI=1S/C30H33N5O8S/c31-35-34-26-10-5-4-9-25(26)27-30(29(39)32-22(19-37)20-38,15-18-44(40,41)24-7-2-1-3-8-24)33-28(43-27)21-11-13-23(14-12-21)42-17-6-16-36/h1-5,7-14,22,27,36-38H,6,15-20H2,(H,32,39)/t27-,30-/m1/s1. The van der Waals surface area contributed by atoms with E-state index in [1.165, 1.54) is 18.2 Å². The molecule has 0 saturated carbocycles. The van der Waals surface area contributed by atoms with E-state index in [1.807, 2.05) is 0 Å². The summed E-state index contributed by atoms with van der Waals surface area (Å²) in [5, 5.41) is 34.8. The van der Waals surface area contributed by atoms with E-state index >= 15 is 0 Å². The molecule has 0 radical (unpaired) electrons. The number of carbonyl (C=O) groups is 1. The zero-order valence-electron chi connectivity index (χ0n) is 23.7. The van der Waals surface area contributed by atoms with Crippen molar-refractivity contribution >= 4 is 27.3 Å². The Morgan fingerprint density at radius 3 is 2.39 bits per heavy atom. The molecule has 14 heteroatoms. The molecule has 0 unspecified atom stereocenters. The van der Waals surface area contributed by atoms with E-state index in [4.69, 9.17) is 19.6 Å². The molecule has 2 atom stereocenters. The molecule has 232 valence electrons. The molecule has 0 bridgehead atoms. The van der Waals surface area contributed by atoms with Crippen LogP contribution in [0.4, 0.5) is 5.69 Å². The molecule has 3 aromatic carbocycles. The molecular weight excluding hydrogens is 590 g/mol. The summed E-state index contributed by atoms with van der Waals surface area (Å²) in [5.74, 6) is -0.763. The van der Waals surface area contributed by atoms with Crippen LogP contribution in [0.25, 0.3) is 10.4 Å². The van der Waals surface area contributed by atoms with Crippen molar-refractivity contribution in [2.45, 2.75) is 35.4 Å². The van der Waals surface area contributed by atoms with Crippen molar-refractivity contribution in [1.29, 1.82) is 0 Å². The first kappa shape index (κ1) is 32.5. The number of amides is 1. The maximum absolute atomic E-state index is 14.1. The molecule has 13 nitrogen and oxygen atoms in total. The van der Waals surface area contributed by atoms with Crippen molar-refractivity contribution in [3.63, 3.8) is 0 Å². The molecule has 4 rings (SSSR count). The van der Waals surface area contributed by atoms with E-state index in [2.05, 4.69) is 15.3 Å². The van der Waals surface area contributed by atoms with Crippen LogP contribution in [0.1, 0.15) is 30.1 Å². The summed E-state index contributed by atoms with van der Waals surface area (Å²) in [6.45, 7) is -0.883. The number of azide groups is 1. The second-order valence-electron chi connectivity index (χ2n) is 9.95. The Bertz CT molecular complexity index is 1610. The lowest BCUT2D eigenvalue weighted by molar-refractivity contribution is -0.130. The minimum atomic E-state index is -3.90. The van der Waals surface area contributed by atoms with Crippen molar-refractivity contribution in [2.24, 2.45) is 10.1 Å². The van der Waals surface area contributed by atoms with Crippen LogP contribution in [0, 0.1) is 0 Å². The van der Waals surface area contributed by atoms with Gasteiger partial charge < -0.3 is 30.1 Å². The van der Waals surface area contributed by atoms with Crippen LogP contribution in [-0.4, -0.2) is 79.3 Å². The fourth-order valence-electron chi connectivity index (χ4n) is 4.69. The number of aliphatic hydroxyl groups is 3. The SMILES string of the molecule is [N-]=[N+]=Nc1ccccc1[C@H]1OC(c2ccc(OCCCO)cc2)=N[C@@]1(CCS(=O)(=O)c1ccccc1)C(=O)NC(CO)CO. The van der Waals surface area contributed by atoms with Crippen LogP contribution in [0.2, 0.25) is 0 Å². The highest BCUT2D eigenvalue weighted by Gasteiger charge is 2.54. The van der Waals surface area contributed by atoms with Crippen LogP contribution in [0.5, 0.6) is 5.75 Å². The van der Waals surface area contributed by atoms with Crippen molar-refractivity contribution in [2.75, 3.05) is 32.2 Å². The van der Waals surface area contributed by atoms with E-state index in [1.54, 1.807) is 60.7 Å². The number of aliphatic hydroxyl groups excluding tert-OH is 3. The summed E-state index contributed by atoms with van der Waals surface area (Å²) >= 11 is 0. The van der Waals surface area contributed by atoms with Crippen molar-refractivity contribution in [1.82, 2.24) is 5.32 Å². The quantitative estimate of drug-likeness (QED) is 0.0855. The van der Waals surface area contributed by atoms with Crippen LogP contribution in [0.15, 0.2) is 93.9 Å². The van der Waals surface area contributed by atoms with Gasteiger partial charge in [0.05, 0.1) is 36.5 Å². The minimum absolute atomic E-state index is 0.0149. The van der Waals surface area contributed by atoms with Gasteiger partial charge in [0, 0.05) is 41.2 Å². The molecule has 1 aliphatic heterocycles. The zero-order valence-corrected chi connectivity index (χ0v) is 24.5. The third-order valence-corrected chi connectivity index (χ3v) is 8.76. The maximum Gasteiger partial charge on any atom is 0.252 e. The average Bonchev–Trinajstić information content (AvgIpc) is 3.45. The Balaban J connectivity index is 1.84. The van der Waals surface area contributed by atoms with Gasteiger partial charge in [0.1, 0.15) is 5.75 Å². The number of nitrogens with zero attached hydrogens (tertiary/aromatic N) is 4. The number of benzene rings is 3. The van der Waals surface area contributed by atoms with Crippen LogP contribution >= 0.6 is 0 Å². The Labute approximate surface area is 254 Å². The van der Waals surface area contributed by atoms with Gasteiger partial charge in [-0.3, -0.25) is 4.79 Å². The maximum atomic E-state index is 14.1. The number of nitrogens with one attached hydrogen (secondary N) is 1. The van der Waals surface area contributed by atoms with Crippen molar-refractivity contribution in [3.8, 4) is 5.75 Å². The molecular formula is C30H33N5O8S. The molecule has 3 aromatic rings. The molecule has 44 heavy (non-hydrogen) atoms. The highest BCUT2D eigenvalue weighted by Crippen LogP contribution is 2.46. The first-order valence-electron chi connectivity index (χ1n) is 13.8. The summed E-state index contributed by atoms with van der Waals surface area (Å²) in [4.78, 5) is 21.8. The number of hydrogen-bond acceptors (Lipinski definition) is 10. The molecule has 0 aliphatic carbocycles. The Kier molecular flexibility index (Phi) is 10.9. The molecule has 1 heterocycles. The summed E-state index contributed by atoms with van der Waals surface area (Å²) in [7, 11) is -3.90. The first-order valence-corrected chi connectivity index (χ1v) is 15.5. The van der Waals surface area contributed by atoms with Gasteiger partial charge in [0.2, 0.25) is 5.90 Å². The minimum Gasteiger partial charge on any atom is -0.494 e. The highest BCUT2D eigenvalue weighted by molar-refractivity contribution is 7.91. The average molecular weight is 624 g/mol. The third-order valence-electron chi connectivity index (χ3n) is 7.03. The molecule has 0 aromatic heterocycles. The molecule has 0 fully saturated rings. The monoisotopic (exact) mass is 623 g/mol. The highest BCUT2D eigenvalue weighted by atomic mass is 32.2. The topological polar surface area (TPSA) is 204 Å². The van der Waals surface area contributed by atoms with Gasteiger partial charge >= 0.3 is 0 Å². The van der Waals surface area contributed by atoms with Crippen LogP contribution in [0.3, 0.4) is 0 Å². The first-order chi connectivity index (χ1) is 21.3. The molecule has 0 saturated heterocycles. The van der Waals surface area contributed by atoms with Gasteiger partial charge in [0.15, 0.2) is 21.5 Å². The number of ether oxygens (including phenoxy) is 2. The Morgan fingerprint density at radius 2 is 1.73 bits per heavy atom. The second kappa shape index (κ2) is 14.8. The van der Waals surface area contributed by atoms with E-state index in [-0.39, 0.29) is 35.1 Å². The Hall–Kier alpha value is -4.46. The van der Waals surface area contributed by atoms with Gasteiger partial charge in [-0.15, -0.1) is 0 Å². The fraction of sp³-hybridized carbons (Fsp3) is 0.333. The zero-order chi connectivity index (χ0) is 31.6. The molecule has 1 aliphatic rings. The fourth-order valence-corrected chi connectivity index (χ4v) is 6.08. The third kappa shape index (κ3) is 7.36. The lowest BCUT2D eigenvalue weighted by Crippen LogP contribution is -2.53. The van der Waals surface area contributed by atoms with Crippen molar-refractivity contribution in [3.05, 3.63) is 100 Å². The number of rotatable bonds is 15. The van der Waals surface area contributed by atoms with Gasteiger partial charge in [-0.2, -0.15) is 0 Å². The smallest absolute Gasteiger partial charge is 0.252 e. The van der Waals surface area contributed by atoms with Gasteiger partial charge in [-0.25, -0.2) is 13.4 Å². The Morgan fingerprint density at radius 1 is 1.05 bits per heavy atom. The van der Waals surface area contributed by atoms with E-state index < -0.39 is 52.4 Å². The van der Waals surface area contributed by atoms with Gasteiger partial charge in [-0.05, 0) is 41.9 Å². The number of hydrogen-bond donors (Lipinski definition) is 4. The van der Waals surface area contributed by atoms with E-state index in [9.17, 15) is 29.0 Å².